The van der Waals surface area contributed by atoms with E-state index < -0.39 is 0 Å². The Labute approximate surface area is 179 Å². The first-order valence-corrected chi connectivity index (χ1v) is 11.0. The van der Waals surface area contributed by atoms with Gasteiger partial charge in [0.05, 0.1) is 16.3 Å². The second-order valence-corrected chi connectivity index (χ2v) is 8.66. The number of aromatic nitrogens is 3. The molecule has 7 heteroatoms. The molecule has 0 atom stereocenters. The molecule has 0 radical (unpaired) electrons. The van der Waals surface area contributed by atoms with Gasteiger partial charge in [0, 0.05) is 24.0 Å². The highest BCUT2D eigenvalue weighted by atomic mass is 32.1. The maximum atomic E-state index is 9.68. The maximum Gasteiger partial charge on any atom is 0.189 e. The first-order chi connectivity index (χ1) is 14.7. The minimum atomic E-state index is -0.151. The van der Waals surface area contributed by atoms with Crippen molar-refractivity contribution in [2.24, 2.45) is 0 Å². The lowest BCUT2D eigenvalue weighted by Gasteiger charge is -2.26. The fraction of sp³-hybridized carbons (Fsp3) is 0.261. The number of aliphatic hydroxyl groups excluding tert-OH is 1. The van der Waals surface area contributed by atoms with Crippen LogP contribution in [0.4, 0.5) is 16.8 Å². The normalized spacial score (nSPS) is 19.0. The number of anilines is 3. The molecular formula is C23H23N5OS. The Hall–Kier alpha value is -3.03. The van der Waals surface area contributed by atoms with Crippen molar-refractivity contribution in [3.05, 3.63) is 60.9 Å². The Balaban J connectivity index is 1.32. The average molecular weight is 418 g/mol. The van der Waals surface area contributed by atoms with Gasteiger partial charge in [-0.3, -0.25) is 4.98 Å². The van der Waals surface area contributed by atoms with Crippen LogP contribution in [-0.4, -0.2) is 32.2 Å². The number of nitrogens with zero attached hydrogens (tertiary/aromatic N) is 3. The fourth-order valence-electron chi connectivity index (χ4n) is 3.81. The van der Waals surface area contributed by atoms with Crippen LogP contribution in [0.1, 0.15) is 25.7 Å². The molecule has 0 saturated heterocycles. The molecule has 152 valence electrons. The van der Waals surface area contributed by atoms with Crippen molar-refractivity contribution in [3.63, 3.8) is 0 Å². The van der Waals surface area contributed by atoms with Gasteiger partial charge in [-0.25, -0.2) is 9.97 Å². The Bertz CT molecular complexity index is 1140. The van der Waals surface area contributed by atoms with E-state index in [0.29, 0.717) is 6.04 Å². The fourth-order valence-corrected chi connectivity index (χ4v) is 4.73. The van der Waals surface area contributed by atoms with Crippen LogP contribution in [0.15, 0.2) is 60.9 Å². The van der Waals surface area contributed by atoms with E-state index in [2.05, 4.69) is 33.8 Å². The smallest absolute Gasteiger partial charge is 0.189 e. The van der Waals surface area contributed by atoms with Gasteiger partial charge in [-0.2, -0.15) is 0 Å². The zero-order chi connectivity index (χ0) is 20.3. The average Bonchev–Trinajstić information content (AvgIpc) is 3.17. The molecule has 3 N–H and O–H groups in total. The lowest BCUT2D eigenvalue weighted by Crippen LogP contribution is -2.28. The van der Waals surface area contributed by atoms with Gasteiger partial charge < -0.3 is 15.7 Å². The number of hydrogen-bond acceptors (Lipinski definition) is 7. The summed E-state index contributed by atoms with van der Waals surface area (Å²) < 4.78 is 1.12. The molecule has 5 rings (SSSR count). The molecule has 0 spiro atoms. The van der Waals surface area contributed by atoms with Gasteiger partial charge >= 0.3 is 0 Å². The van der Waals surface area contributed by atoms with Crippen molar-refractivity contribution in [1.29, 1.82) is 0 Å². The zero-order valence-electron chi connectivity index (χ0n) is 16.5. The predicted molar refractivity (Wildman–Crippen MR) is 122 cm³/mol. The number of fused-ring (bicyclic) bond motifs is 1. The summed E-state index contributed by atoms with van der Waals surface area (Å²) in [5, 5.41) is 17.3. The van der Waals surface area contributed by atoms with Crippen molar-refractivity contribution >= 4 is 38.3 Å². The molecule has 3 aromatic heterocycles. The number of nitrogens with one attached hydrogen (secondary N) is 2. The van der Waals surface area contributed by atoms with E-state index in [0.717, 1.165) is 63.8 Å². The van der Waals surface area contributed by atoms with Crippen LogP contribution in [-0.2, 0) is 0 Å². The molecule has 0 bridgehead atoms. The molecule has 4 aromatic rings. The van der Waals surface area contributed by atoms with E-state index in [4.69, 9.17) is 9.97 Å². The summed E-state index contributed by atoms with van der Waals surface area (Å²) in [4.78, 5) is 13.6. The second kappa shape index (κ2) is 8.38. The van der Waals surface area contributed by atoms with E-state index in [1.807, 2.05) is 36.5 Å². The van der Waals surface area contributed by atoms with Crippen LogP contribution >= 0.6 is 11.3 Å². The van der Waals surface area contributed by atoms with Gasteiger partial charge in [0.1, 0.15) is 11.6 Å². The highest BCUT2D eigenvalue weighted by Crippen LogP contribution is 2.31. The SMILES string of the molecule is OC1CCC(Nc2cccc(Nc3nc4ccc(-c5cccnc5)cc4s3)n2)CC1. The molecule has 0 unspecified atom stereocenters. The number of benzene rings is 1. The van der Waals surface area contributed by atoms with Gasteiger partial charge in [0.15, 0.2) is 5.13 Å². The number of thiazole rings is 1. The molecule has 1 aliphatic carbocycles. The number of hydrogen-bond donors (Lipinski definition) is 3. The molecule has 3 heterocycles. The van der Waals surface area contributed by atoms with Gasteiger partial charge in [0.25, 0.3) is 0 Å². The number of rotatable bonds is 5. The van der Waals surface area contributed by atoms with Gasteiger partial charge in [-0.15, -0.1) is 0 Å². The summed E-state index contributed by atoms with van der Waals surface area (Å²) in [6, 6.07) is 16.6. The van der Waals surface area contributed by atoms with Crippen LogP contribution < -0.4 is 10.6 Å². The molecule has 1 aliphatic rings. The van der Waals surface area contributed by atoms with Crippen LogP contribution in [0.3, 0.4) is 0 Å². The minimum Gasteiger partial charge on any atom is -0.393 e. The van der Waals surface area contributed by atoms with Gasteiger partial charge in [-0.1, -0.05) is 29.5 Å². The highest BCUT2D eigenvalue weighted by Gasteiger charge is 2.19. The van der Waals surface area contributed by atoms with E-state index in [-0.39, 0.29) is 6.10 Å². The van der Waals surface area contributed by atoms with Crippen molar-refractivity contribution in [2.75, 3.05) is 10.6 Å². The second-order valence-electron chi connectivity index (χ2n) is 7.63. The van der Waals surface area contributed by atoms with Crippen molar-refractivity contribution < 1.29 is 5.11 Å². The van der Waals surface area contributed by atoms with Crippen LogP contribution in [0.25, 0.3) is 21.3 Å². The van der Waals surface area contributed by atoms with Gasteiger partial charge in [-0.05, 0) is 61.6 Å². The monoisotopic (exact) mass is 417 g/mol. The molecule has 0 amide bonds. The molecule has 1 fully saturated rings. The third kappa shape index (κ3) is 4.27. The summed E-state index contributed by atoms with van der Waals surface area (Å²) in [5.41, 5.74) is 3.19. The zero-order valence-corrected chi connectivity index (χ0v) is 17.3. The summed E-state index contributed by atoms with van der Waals surface area (Å²) in [7, 11) is 0. The van der Waals surface area contributed by atoms with Crippen molar-refractivity contribution in [2.45, 2.75) is 37.8 Å². The Kier molecular flexibility index (Phi) is 5.29. The molecule has 6 nitrogen and oxygen atoms in total. The van der Waals surface area contributed by atoms with Crippen LogP contribution in [0.2, 0.25) is 0 Å². The minimum absolute atomic E-state index is 0.151. The standard InChI is InChI=1S/C23H23N5OS/c29-18-9-7-17(8-10-18)25-21-4-1-5-22(27-21)28-23-26-19-11-6-15(13-20(19)30-23)16-3-2-12-24-14-16/h1-6,11-14,17-18,29H,7-10H2,(H2,25,26,27,28). The summed E-state index contributed by atoms with van der Waals surface area (Å²) in [6.45, 7) is 0. The third-order valence-corrected chi connectivity index (χ3v) is 6.35. The Morgan fingerprint density at radius 3 is 2.60 bits per heavy atom. The van der Waals surface area contributed by atoms with Crippen molar-refractivity contribution in [1.82, 2.24) is 15.0 Å². The Morgan fingerprint density at radius 2 is 1.77 bits per heavy atom. The Morgan fingerprint density at radius 1 is 0.900 bits per heavy atom. The number of pyridine rings is 2. The quantitative estimate of drug-likeness (QED) is 0.413. The first kappa shape index (κ1) is 19.0. The molecule has 0 aliphatic heterocycles. The van der Waals surface area contributed by atoms with Crippen molar-refractivity contribution in [3.8, 4) is 11.1 Å². The number of aliphatic hydroxyl groups is 1. The van der Waals surface area contributed by atoms with E-state index in [9.17, 15) is 5.11 Å². The van der Waals surface area contributed by atoms with Gasteiger partial charge in [0.2, 0.25) is 0 Å². The van der Waals surface area contributed by atoms with E-state index >= 15 is 0 Å². The molecular weight excluding hydrogens is 394 g/mol. The topological polar surface area (TPSA) is 83.0 Å². The van der Waals surface area contributed by atoms with E-state index in [1.165, 1.54) is 0 Å². The first-order valence-electron chi connectivity index (χ1n) is 10.2. The maximum absolute atomic E-state index is 9.68. The lowest BCUT2D eigenvalue weighted by atomic mass is 9.93. The summed E-state index contributed by atoms with van der Waals surface area (Å²) in [6.07, 6.45) is 7.14. The van der Waals surface area contributed by atoms with Crippen LogP contribution in [0.5, 0.6) is 0 Å². The van der Waals surface area contributed by atoms with E-state index in [1.54, 1.807) is 17.5 Å². The molecule has 30 heavy (non-hydrogen) atoms. The molecule has 1 saturated carbocycles. The summed E-state index contributed by atoms with van der Waals surface area (Å²) in [5.74, 6) is 1.61. The largest absolute Gasteiger partial charge is 0.393 e. The summed E-state index contributed by atoms with van der Waals surface area (Å²) >= 11 is 1.61. The predicted octanol–water partition coefficient (Wildman–Crippen LogP) is 5.21. The van der Waals surface area contributed by atoms with Crippen LogP contribution in [0, 0.1) is 0 Å². The molecule has 1 aromatic carbocycles. The lowest BCUT2D eigenvalue weighted by molar-refractivity contribution is 0.126. The highest BCUT2D eigenvalue weighted by molar-refractivity contribution is 7.22. The third-order valence-electron chi connectivity index (χ3n) is 5.42.